The van der Waals surface area contributed by atoms with E-state index >= 15 is 0 Å². The highest BCUT2D eigenvalue weighted by molar-refractivity contribution is 7.99. The molecule has 0 amide bonds. The lowest BCUT2D eigenvalue weighted by molar-refractivity contribution is 0.102. The zero-order valence-electron chi connectivity index (χ0n) is 15.1. The van der Waals surface area contributed by atoms with E-state index in [9.17, 15) is 4.79 Å². The standard InChI is InChI=1S/C22H18N4OS/c27-21(20-13-11-19(12-14-20)18-9-5-2-6-10-18)16-28-22-23-24-25-26(22)15-17-7-3-1-4-8-17/h1-14H,15-16H2. The Morgan fingerprint density at radius 2 is 1.46 bits per heavy atom. The Kier molecular flexibility index (Phi) is 5.58. The van der Waals surface area contributed by atoms with Crippen LogP contribution in [0.15, 0.2) is 90.1 Å². The molecule has 0 atom stereocenters. The lowest BCUT2D eigenvalue weighted by Gasteiger charge is -2.05. The zero-order chi connectivity index (χ0) is 19.2. The number of ketones is 1. The normalized spacial score (nSPS) is 10.7. The summed E-state index contributed by atoms with van der Waals surface area (Å²) in [4.78, 5) is 12.6. The Hall–Kier alpha value is -3.25. The highest BCUT2D eigenvalue weighted by Crippen LogP contribution is 2.21. The molecule has 0 aliphatic carbocycles. The predicted molar refractivity (Wildman–Crippen MR) is 110 cm³/mol. The first kappa shape index (κ1) is 18.1. The van der Waals surface area contributed by atoms with Gasteiger partial charge < -0.3 is 0 Å². The first-order valence-corrected chi connectivity index (χ1v) is 9.90. The highest BCUT2D eigenvalue weighted by atomic mass is 32.2. The maximum atomic E-state index is 12.6. The Morgan fingerprint density at radius 1 is 0.821 bits per heavy atom. The predicted octanol–water partition coefficient (Wildman–Crippen LogP) is 4.36. The highest BCUT2D eigenvalue weighted by Gasteiger charge is 2.12. The van der Waals surface area contributed by atoms with Gasteiger partial charge in [0.25, 0.3) is 0 Å². The van der Waals surface area contributed by atoms with Gasteiger partial charge in [-0.2, -0.15) is 0 Å². The summed E-state index contributed by atoms with van der Waals surface area (Å²) in [7, 11) is 0. The summed E-state index contributed by atoms with van der Waals surface area (Å²) in [6.45, 7) is 0.580. The average molecular weight is 386 g/mol. The summed E-state index contributed by atoms with van der Waals surface area (Å²) in [6.07, 6.45) is 0. The summed E-state index contributed by atoms with van der Waals surface area (Å²) in [5, 5.41) is 12.5. The van der Waals surface area contributed by atoms with Crippen LogP contribution >= 0.6 is 11.8 Å². The fraction of sp³-hybridized carbons (Fsp3) is 0.0909. The molecule has 1 aromatic heterocycles. The van der Waals surface area contributed by atoms with E-state index in [0.717, 1.165) is 16.7 Å². The van der Waals surface area contributed by atoms with Crippen LogP contribution in [0.1, 0.15) is 15.9 Å². The van der Waals surface area contributed by atoms with Gasteiger partial charge in [0, 0.05) is 5.56 Å². The fourth-order valence-corrected chi connectivity index (χ4v) is 3.62. The Bertz CT molecular complexity index is 1050. The number of Topliss-reactive ketones (excluding diaryl/α,β-unsaturated/α-hetero) is 1. The van der Waals surface area contributed by atoms with Crippen LogP contribution in [0, 0.1) is 0 Å². The zero-order valence-corrected chi connectivity index (χ0v) is 15.9. The molecule has 4 aromatic rings. The molecule has 1 heterocycles. The maximum Gasteiger partial charge on any atom is 0.210 e. The molecular weight excluding hydrogens is 368 g/mol. The van der Waals surface area contributed by atoms with Crippen molar-refractivity contribution in [2.45, 2.75) is 11.7 Å². The molecule has 5 nitrogen and oxygen atoms in total. The van der Waals surface area contributed by atoms with Gasteiger partial charge in [-0.1, -0.05) is 96.7 Å². The van der Waals surface area contributed by atoms with Crippen molar-refractivity contribution >= 4 is 17.5 Å². The van der Waals surface area contributed by atoms with Crippen LogP contribution in [0.2, 0.25) is 0 Å². The summed E-state index contributed by atoms with van der Waals surface area (Å²) in [6, 6.07) is 27.8. The summed E-state index contributed by atoms with van der Waals surface area (Å²) < 4.78 is 1.71. The van der Waals surface area contributed by atoms with Crippen molar-refractivity contribution in [2.24, 2.45) is 0 Å². The second-order valence-corrected chi connectivity index (χ2v) is 7.20. The lowest BCUT2D eigenvalue weighted by Crippen LogP contribution is -2.07. The van der Waals surface area contributed by atoms with Gasteiger partial charge in [-0.25, -0.2) is 4.68 Å². The number of hydrogen-bond donors (Lipinski definition) is 0. The molecule has 28 heavy (non-hydrogen) atoms. The Labute approximate surface area is 167 Å². The van der Waals surface area contributed by atoms with E-state index in [4.69, 9.17) is 0 Å². The first-order valence-electron chi connectivity index (χ1n) is 8.91. The molecule has 0 radical (unpaired) electrons. The molecular formula is C22H18N4OS. The summed E-state index contributed by atoms with van der Waals surface area (Å²) in [5.74, 6) is 0.346. The van der Waals surface area contributed by atoms with Crippen molar-refractivity contribution < 1.29 is 4.79 Å². The van der Waals surface area contributed by atoms with Crippen LogP contribution in [-0.4, -0.2) is 31.7 Å². The van der Waals surface area contributed by atoms with Crippen LogP contribution in [-0.2, 0) is 6.54 Å². The number of hydrogen-bond acceptors (Lipinski definition) is 5. The number of benzene rings is 3. The van der Waals surface area contributed by atoms with E-state index in [-0.39, 0.29) is 5.78 Å². The van der Waals surface area contributed by atoms with Gasteiger partial charge in [-0.05, 0) is 27.1 Å². The number of tetrazole rings is 1. The van der Waals surface area contributed by atoms with Crippen molar-refractivity contribution in [3.8, 4) is 11.1 Å². The van der Waals surface area contributed by atoms with E-state index in [1.54, 1.807) is 4.68 Å². The van der Waals surface area contributed by atoms with Gasteiger partial charge in [0.2, 0.25) is 5.16 Å². The molecule has 0 aliphatic rings. The minimum Gasteiger partial charge on any atom is -0.293 e. The van der Waals surface area contributed by atoms with Crippen LogP contribution in [0.4, 0.5) is 0 Å². The van der Waals surface area contributed by atoms with Crippen LogP contribution in [0.25, 0.3) is 11.1 Å². The monoisotopic (exact) mass is 386 g/mol. The van der Waals surface area contributed by atoms with Crippen molar-refractivity contribution in [1.82, 2.24) is 20.2 Å². The molecule has 0 N–H and O–H groups in total. The second kappa shape index (κ2) is 8.63. The van der Waals surface area contributed by atoms with Crippen molar-refractivity contribution in [3.05, 3.63) is 96.1 Å². The van der Waals surface area contributed by atoms with E-state index in [1.807, 2.05) is 72.8 Å². The summed E-state index contributed by atoms with van der Waals surface area (Å²) in [5.41, 5.74) is 4.03. The third-order valence-corrected chi connectivity index (χ3v) is 5.28. The van der Waals surface area contributed by atoms with Crippen molar-refractivity contribution in [3.63, 3.8) is 0 Å². The number of carbonyl (C=O) groups is 1. The molecule has 0 unspecified atom stereocenters. The topological polar surface area (TPSA) is 60.7 Å². The minimum atomic E-state index is 0.0545. The average Bonchev–Trinajstić information content (AvgIpc) is 3.20. The minimum absolute atomic E-state index is 0.0545. The first-order chi connectivity index (χ1) is 13.8. The van der Waals surface area contributed by atoms with E-state index < -0.39 is 0 Å². The number of carbonyl (C=O) groups excluding carboxylic acids is 1. The smallest absolute Gasteiger partial charge is 0.210 e. The van der Waals surface area contributed by atoms with Crippen molar-refractivity contribution in [1.29, 1.82) is 0 Å². The molecule has 0 saturated carbocycles. The van der Waals surface area contributed by atoms with Crippen LogP contribution in [0.5, 0.6) is 0 Å². The van der Waals surface area contributed by atoms with E-state index in [0.29, 0.717) is 23.0 Å². The molecule has 4 rings (SSSR count). The third-order valence-electron chi connectivity index (χ3n) is 4.32. The van der Waals surface area contributed by atoms with Crippen LogP contribution < -0.4 is 0 Å². The summed E-state index contributed by atoms with van der Waals surface area (Å²) >= 11 is 1.35. The number of aromatic nitrogens is 4. The molecule has 6 heteroatoms. The molecule has 138 valence electrons. The van der Waals surface area contributed by atoms with Crippen LogP contribution in [0.3, 0.4) is 0 Å². The van der Waals surface area contributed by atoms with Gasteiger partial charge >= 0.3 is 0 Å². The Morgan fingerprint density at radius 3 is 2.18 bits per heavy atom. The molecule has 0 fully saturated rings. The van der Waals surface area contributed by atoms with Crippen molar-refractivity contribution in [2.75, 3.05) is 5.75 Å². The lowest BCUT2D eigenvalue weighted by atomic mass is 10.0. The SMILES string of the molecule is O=C(CSc1nnnn1Cc1ccccc1)c1ccc(-c2ccccc2)cc1. The van der Waals surface area contributed by atoms with Gasteiger partial charge in [0.1, 0.15) is 0 Å². The largest absolute Gasteiger partial charge is 0.293 e. The third kappa shape index (κ3) is 4.35. The quantitative estimate of drug-likeness (QED) is 0.349. The van der Waals surface area contributed by atoms with Gasteiger partial charge in [-0.3, -0.25) is 4.79 Å². The van der Waals surface area contributed by atoms with Gasteiger partial charge in [0.15, 0.2) is 5.78 Å². The maximum absolute atomic E-state index is 12.6. The molecule has 3 aromatic carbocycles. The fourth-order valence-electron chi connectivity index (χ4n) is 2.85. The number of nitrogens with zero attached hydrogens (tertiary/aromatic N) is 4. The molecule has 0 bridgehead atoms. The second-order valence-electron chi connectivity index (χ2n) is 6.26. The number of thioether (sulfide) groups is 1. The van der Waals surface area contributed by atoms with E-state index in [2.05, 4.69) is 27.7 Å². The number of rotatable bonds is 7. The molecule has 0 saturated heterocycles. The molecule has 0 spiro atoms. The van der Waals surface area contributed by atoms with Gasteiger partial charge in [-0.15, -0.1) is 5.10 Å². The Balaban J connectivity index is 1.39. The van der Waals surface area contributed by atoms with Gasteiger partial charge in [0.05, 0.1) is 12.3 Å². The van der Waals surface area contributed by atoms with E-state index in [1.165, 1.54) is 11.8 Å². The molecule has 0 aliphatic heterocycles.